The summed E-state index contributed by atoms with van der Waals surface area (Å²) in [5.74, 6) is 0.0887. The number of amides is 1. The molecule has 7 heteroatoms. The Balaban J connectivity index is 2.02. The van der Waals surface area contributed by atoms with Gasteiger partial charge in [0.2, 0.25) is 0 Å². The number of likely N-dealkylation sites (N-methyl/N-ethyl adjacent to an activating group) is 2. The molecule has 1 atom stereocenters. The molecule has 0 aliphatic carbocycles. The smallest absolute Gasteiger partial charge is 0.258 e. The van der Waals surface area contributed by atoms with E-state index in [1.54, 1.807) is 24.1 Å². The summed E-state index contributed by atoms with van der Waals surface area (Å²) in [6, 6.07) is 17.0. The summed E-state index contributed by atoms with van der Waals surface area (Å²) < 4.78 is 5.52. The predicted octanol–water partition coefficient (Wildman–Crippen LogP) is 5.44. The van der Waals surface area contributed by atoms with Gasteiger partial charge < -0.3 is 14.5 Å². The van der Waals surface area contributed by atoms with Crippen LogP contribution in [0, 0.1) is 11.3 Å². The number of halogens is 2. The second-order valence-electron chi connectivity index (χ2n) is 7.98. The van der Waals surface area contributed by atoms with Gasteiger partial charge in [0.15, 0.2) is 0 Å². The number of hydrogen-bond donors (Lipinski definition) is 0. The first-order chi connectivity index (χ1) is 15.3. The van der Waals surface area contributed by atoms with E-state index in [-0.39, 0.29) is 11.8 Å². The van der Waals surface area contributed by atoms with Gasteiger partial charge in [-0.05, 0) is 48.6 Å². The van der Waals surface area contributed by atoms with Gasteiger partial charge in [-0.1, -0.05) is 53.5 Å². The molecule has 0 aliphatic rings. The second kappa shape index (κ2) is 10.2. The number of ether oxygens (including phenoxy) is 1. The van der Waals surface area contributed by atoms with Gasteiger partial charge in [0.1, 0.15) is 11.8 Å². The number of nitrogens with zero attached hydrogens (tertiary/aromatic N) is 3. The summed E-state index contributed by atoms with van der Waals surface area (Å²) in [5, 5.41) is 12.2. The molecule has 0 saturated heterocycles. The van der Waals surface area contributed by atoms with Crippen LogP contribution in [0.2, 0.25) is 10.0 Å². The van der Waals surface area contributed by atoms with E-state index in [1.807, 2.05) is 50.5 Å². The van der Waals surface area contributed by atoms with Crippen molar-refractivity contribution < 1.29 is 9.53 Å². The van der Waals surface area contributed by atoms with Crippen LogP contribution >= 0.6 is 23.2 Å². The molecule has 3 rings (SSSR count). The number of methoxy groups -OCH3 is 1. The minimum Gasteiger partial charge on any atom is -0.495 e. The summed E-state index contributed by atoms with van der Waals surface area (Å²) in [6.07, 6.45) is 0. The van der Waals surface area contributed by atoms with Crippen molar-refractivity contribution in [1.82, 2.24) is 9.80 Å². The fourth-order valence-corrected chi connectivity index (χ4v) is 4.22. The van der Waals surface area contributed by atoms with Crippen LogP contribution in [0.3, 0.4) is 0 Å². The Morgan fingerprint density at radius 3 is 2.41 bits per heavy atom. The highest BCUT2D eigenvalue weighted by molar-refractivity contribution is 6.42. The standard InChI is InChI=1S/C25H25Cl2N3O2/c1-29(2)14-19(16-9-10-21(26)22(27)12-16)15-30(3)25(31)23-20-8-6-5-7-17(20)11-18(13-28)24(23)32-4/h5-12,19H,14-15H2,1-4H3. The molecule has 1 unspecified atom stereocenters. The minimum atomic E-state index is -0.209. The van der Waals surface area contributed by atoms with Crippen LogP contribution in [-0.2, 0) is 0 Å². The van der Waals surface area contributed by atoms with Crippen LogP contribution in [0.1, 0.15) is 27.4 Å². The molecule has 0 aliphatic heterocycles. The molecule has 0 bridgehead atoms. The van der Waals surface area contributed by atoms with E-state index in [4.69, 9.17) is 27.9 Å². The number of nitriles is 1. The van der Waals surface area contributed by atoms with Crippen molar-refractivity contribution in [2.45, 2.75) is 5.92 Å². The van der Waals surface area contributed by atoms with Crippen molar-refractivity contribution in [2.75, 3.05) is 41.3 Å². The van der Waals surface area contributed by atoms with Gasteiger partial charge in [0, 0.05) is 26.1 Å². The summed E-state index contributed by atoms with van der Waals surface area (Å²) in [6.45, 7) is 1.16. The monoisotopic (exact) mass is 469 g/mol. The third-order valence-electron chi connectivity index (χ3n) is 5.38. The average molecular weight is 470 g/mol. The lowest BCUT2D eigenvalue weighted by Gasteiger charge is -2.28. The molecule has 3 aromatic rings. The lowest BCUT2D eigenvalue weighted by Crippen LogP contribution is -2.35. The van der Waals surface area contributed by atoms with Crippen molar-refractivity contribution in [3.05, 3.63) is 75.3 Å². The number of carbonyl (C=O) groups excluding carboxylic acids is 1. The first-order valence-corrected chi connectivity index (χ1v) is 10.9. The van der Waals surface area contributed by atoms with Gasteiger partial charge in [0.05, 0.1) is 28.3 Å². The highest BCUT2D eigenvalue weighted by Gasteiger charge is 2.26. The maximum absolute atomic E-state index is 13.7. The molecule has 0 heterocycles. The molecule has 0 spiro atoms. The van der Waals surface area contributed by atoms with Crippen LogP contribution in [0.15, 0.2) is 48.5 Å². The normalized spacial score (nSPS) is 11.9. The molecular formula is C25H25Cl2N3O2. The van der Waals surface area contributed by atoms with E-state index in [2.05, 4.69) is 11.0 Å². The van der Waals surface area contributed by atoms with E-state index in [1.165, 1.54) is 7.11 Å². The molecule has 0 aromatic heterocycles. The molecule has 5 nitrogen and oxygen atoms in total. The van der Waals surface area contributed by atoms with Gasteiger partial charge >= 0.3 is 0 Å². The Kier molecular flexibility index (Phi) is 7.63. The summed E-state index contributed by atoms with van der Waals surface area (Å²) in [7, 11) is 7.21. The molecule has 3 aromatic carbocycles. The zero-order valence-electron chi connectivity index (χ0n) is 18.5. The summed E-state index contributed by atoms with van der Waals surface area (Å²) in [5.41, 5.74) is 1.72. The quantitative estimate of drug-likeness (QED) is 0.461. The van der Waals surface area contributed by atoms with Crippen molar-refractivity contribution in [1.29, 1.82) is 5.26 Å². The minimum absolute atomic E-state index is 0.00475. The van der Waals surface area contributed by atoms with E-state index >= 15 is 0 Å². The summed E-state index contributed by atoms with van der Waals surface area (Å²) >= 11 is 12.4. The molecule has 32 heavy (non-hydrogen) atoms. The van der Waals surface area contributed by atoms with Gasteiger partial charge in [-0.3, -0.25) is 4.79 Å². The van der Waals surface area contributed by atoms with Crippen molar-refractivity contribution in [3.63, 3.8) is 0 Å². The predicted molar refractivity (Wildman–Crippen MR) is 130 cm³/mol. The number of rotatable bonds is 7. The second-order valence-corrected chi connectivity index (χ2v) is 8.80. The van der Waals surface area contributed by atoms with E-state index < -0.39 is 0 Å². The number of fused-ring (bicyclic) bond motifs is 1. The van der Waals surface area contributed by atoms with E-state index in [0.29, 0.717) is 40.0 Å². The van der Waals surface area contributed by atoms with Gasteiger partial charge in [0.25, 0.3) is 5.91 Å². The first-order valence-electron chi connectivity index (χ1n) is 10.1. The maximum atomic E-state index is 13.7. The Labute approximate surface area is 198 Å². The molecule has 0 fully saturated rings. The molecule has 0 radical (unpaired) electrons. The SMILES string of the molecule is COc1c(C#N)cc2ccccc2c1C(=O)N(C)CC(CN(C)C)c1ccc(Cl)c(Cl)c1. The van der Waals surface area contributed by atoms with Crippen LogP contribution < -0.4 is 4.74 Å². The van der Waals surface area contributed by atoms with Crippen LogP contribution in [0.4, 0.5) is 0 Å². The van der Waals surface area contributed by atoms with Crippen molar-refractivity contribution in [3.8, 4) is 11.8 Å². The first kappa shape index (κ1) is 23.9. The Morgan fingerprint density at radius 2 is 1.78 bits per heavy atom. The van der Waals surface area contributed by atoms with Crippen LogP contribution in [-0.4, -0.2) is 57.0 Å². The van der Waals surface area contributed by atoms with E-state index in [9.17, 15) is 10.1 Å². The number of carbonyl (C=O) groups is 1. The Hall–Kier alpha value is -2.78. The van der Waals surface area contributed by atoms with E-state index in [0.717, 1.165) is 16.3 Å². The molecule has 1 amide bonds. The zero-order chi connectivity index (χ0) is 23.4. The Bertz CT molecular complexity index is 1190. The van der Waals surface area contributed by atoms with Gasteiger partial charge in [-0.15, -0.1) is 0 Å². The fraction of sp³-hybridized carbons (Fsp3) is 0.280. The van der Waals surface area contributed by atoms with Crippen molar-refractivity contribution >= 4 is 39.9 Å². The molecule has 0 N–H and O–H groups in total. The number of benzene rings is 3. The highest BCUT2D eigenvalue weighted by atomic mass is 35.5. The number of hydrogen-bond acceptors (Lipinski definition) is 4. The highest BCUT2D eigenvalue weighted by Crippen LogP contribution is 2.34. The van der Waals surface area contributed by atoms with Crippen LogP contribution in [0.5, 0.6) is 5.75 Å². The largest absolute Gasteiger partial charge is 0.495 e. The van der Waals surface area contributed by atoms with Crippen LogP contribution in [0.25, 0.3) is 10.8 Å². The Morgan fingerprint density at radius 1 is 1.06 bits per heavy atom. The molecule has 166 valence electrons. The van der Waals surface area contributed by atoms with Gasteiger partial charge in [-0.25, -0.2) is 0 Å². The van der Waals surface area contributed by atoms with Crippen molar-refractivity contribution in [2.24, 2.45) is 0 Å². The van der Waals surface area contributed by atoms with Gasteiger partial charge in [-0.2, -0.15) is 5.26 Å². The summed E-state index contributed by atoms with van der Waals surface area (Å²) in [4.78, 5) is 17.4. The fourth-order valence-electron chi connectivity index (χ4n) is 3.92. The maximum Gasteiger partial charge on any atom is 0.258 e. The molecular weight excluding hydrogens is 445 g/mol. The third-order valence-corrected chi connectivity index (χ3v) is 6.12. The lowest BCUT2D eigenvalue weighted by atomic mass is 9.96. The lowest BCUT2D eigenvalue weighted by molar-refractivity contribution is 0.0780. The topological polar surface area (TPSA) is 56.6 Å². The zero-order valence-corrected chi connectivity index (χ0v) is 20.0. The molecule has 0 saturated carbocycles. The average Bonchev–Trinajstić information content (AvgIpc) is 2.78. The third kappa shape index (κ3) is 4.99.